The molecule has 0 unspecified atom stereocenters. The molecule has 4 nitrogen and oxygen atoms in total. The van der Waals surface area contributed by atoms with Gasteiger partial charge in [-0.15, -0.1) is 23.1 Å². The average molecular weight is 588 g/mol. The van der Waals surface area contributed by atoms with Gasteiger partial charge in [0.25, 0.3) is 0 Å². The summed E-state index contributed by atoms with van der Waals surface area (Å²) in [6, 6.07) is 29.7. The topological polar surface area (TPSA) is 49.8 Å². The summed E-state index contributed by atoms with van der Waals surface area (Å²) in [6.45, 7) is 6.25. The van der Waals surface area contributed by atoms with Crippen molar-refractivity contribution in [1.82, 2.24) is 4.90 Å². The van der Waals surface area contributed by atoms with E-state index in [9.17, 15) is 9.90 Å². The Balaban J connectivity index is 1.33. The van der Waals surface area contributed by atoms with Gasteiger partial charge in [0.2, 0.25) is 0 Å². The summed E-state index contributed by atoms with van der Waals surface area (Å²) in [5, 5.41) is 9.47. The number of rotatable bonds is 16. The van der Waals surface area contributed by atoms with Crippen molar-refractivity contribution in [2.24, 2.45) is 0 Å². The van der Waals surface area contributed by atoms with E-state index >= 15 is 0 Å². The quantitative estimate of drug-likeness (QED) is 0.132. The first-order valence-electron chi connectivity index (χ1n) is 14.4. The molecule has 0 saturated heterocycles. The van der Waals surface area contributed by atoms with E-state index in [1.54, 1.807) is 23.1 Å². The molecule has 1 heterocycles. The Kier molecular flexibility index (Phi) is 11.9. The molecular weight excluding hydrogens is 547 g/mol. The van der Waals surface area contributed by atoms with Crippen LogP contribution in [0.1, 0.15) is 67.0 Å². The van der Waals surface area contributed by atoms with E-state index in [0.717, 1.165) is 27.3 Å². The van der Waals surface area contributed by atoms with Crippen molar-refractivity contribution in [3.8, 4) is 16.2 Å². The number of ether oxygens (including phenoxy) is 1. The fourth-order valence-electron chi connectivity index (χ4n) is 5.13. The molecule has 1 N–H and O–H groups in total. The molecular formula is C35H41NO3S2. The van der Waals surface area contributed by atoms with Gasteiger partial charge in [0, 0.05) is 27.7 Å². The molecule has 0 radical (unpaired) electrons. The summed E-state index contributed by atoms with van der Waals surface area (Å²) in [5.41, 5.74) is 4.82. The van der Waals surface area contributed by atoms with Gasteiger partial charge in [-0.1, -0.05) is 75.2 Å². The Labute approximate surface area is 253 Å². The van der Waals surface area contributed by atoms with E-state index < -0.39 is 5.97 Å². The van der Waals surface area contributed by atoms with Crippen LogP contribution in [0.3, 0.4) is 0 Å². The summed E-state index contributed by atoms with van der Waals surface area (Å²) in [7, 11) is 0. The Morgan fingerprint density at radius 1 is 0.854 bits per heavy atom. The van der Waals surface area contributed by atoms with Crippen LogP contribution in [0.2, 0.25) is 0 Å². The van der Waals surface area contributed by atoms with Crippen molar-refractivity contribution in [2.75, 3.05) is 12.8 Å². The molecule has 6 heteroatoms. The van der Waals surface area contributed by atoms with Crippen molar-refractivity contribution in [1.29, 1.82) is 0 Å². The zero-order valence-corrected chi connectivity index (χ0v) is 26.0. The van der Waals surface area contributed by atoms with Gasteiger partial charge in [-0.25, -0.2) is 0 Å². The third-order valence-corrected chi connectivity index (χ3v) is 9.10. The zero-order chi connectivity index (χ0) is 29.0. The van der Waals surface area contributed by atoms with E-state index in [1.807, 2.05) is 4.90 Å². The predicted molar refractivity (Wildman–Crippen MR) is 173 cm³/mol. The van der Waals surface area contributed by atoms with Crippen LogP contribution >= 0.6 is 23.1 Å². The molecule has 0 aliphatic rings. The summed E-state index contributed by atoms with van der Waals surface area (Å²) in [4.78, 5) is 17.0. The number of carbonyl (C=O) groups is 1. The van der Waals surface area contributed by atoms with Gasteiger partial charge >= 0.3 is 5.97 Å². The monoisotopic (exact) mass is 587 g/mol. The van der Waals surface area contributed by atoms with Crippen LogP contribution in [0.25, 0.3) is 10.4 Å². The van der Waals surface area contributed by atoms with E-state index in [-0.39, 0.29) is 6.54 Å². The summed E-state index contributed by atoms with van der Waals surface area (Å²) >= 11 is 3.42. The maximum Gasteiger partial charge on any atom is 0.317 e. The minimum Gasteiger partial charge on any atom is -0.489 e. The highest BCUT2D eigenvalue weighted by atomic mass is 32.2. The largest absolute Gasteiger partial charge is 0.489 e. The number of benzene rings is 3. The van der Waals surface area contributed by atoms with Crippen LogP contribution in [0.4, 0.5) is 0 Å². The first-order valence-corrected chi connectivity index (χ1v) is 16.5. The van der Waals surface area contributed by atoms with Crippen molar-refractivity contribution >= 4 is 29.1 Å². The summed E-state index contributed by atoms with van der Waals surface area (Å²) in [6.07, 6.45) is 6.95. The number of carboxylic acids is 1. The highest BCUT2D eigenvalue weighted by molar-refractivity contribution is 7.98. The van der Waals surface area contributed by atoms with Crippen LogP contribution in [-0.4, -0.2) is 28.8 Å². The lowest BCUT2D eigenvalue weighted by atomic mass is 9.90. The Hall–Kier alpha value is -3.06. The van der Waals surface area contributed by atoms with Gasteiger partial charge in [0.05, 0.1) is 6.54 Å². The summed E-state index contributed by atoms with van der Waals surface area (Å²) < 4.78 is 6.08. The Morgan fingerprint density at radius 2 is 1.51 bits per heavy atom. The smallest absolute Gasteiger partial charge is 0.317 e. The second-order valence-corrected chi connectivity index (χ2v) is 12.5. The number of carboxylic acid groups (broad SMARTS) is 1. The maximum atomic E-state index is 11.5. The predicted octanol–water partition coefficient (Wildman–Crippen LogP) is 9.49. The highest BCUT2D eigenvalue weighted by Gasteiger charge is 2.14. The number of hydrogen-bond acceptors (Lipinski definition) is 5. The van der Waals surface area contributed by atoms with E-state index in [2.05, 4.69) is 105 Å². The van der Waals surface area contributed by atoms with Crippen LogP contribution < -0.4 is 4.74 Å². The fraction of sp³-hybridized carbons (Fsp3) is 0.343. The third kappa shape index (κ3) is 9.49. The molecule has 0 aliphatic carbocycles. The standard InChI is InChI=1S/C35H41NO3S2/c1-4-6-28(7-5-2)29-14-16-31(17-15-29)39-25-27-8-12-30(13-9-27)34-21-20-33(41-34)23-36(24-35(37)38)22-26-10-18-32(40-3)19-11-26/h8-21,28H,4-7,22-25H2,1-3H3,(H,37,38). The number of aliphatic carboxylic acids is 1. The number of nitrogens with zero attached hydrogens (tertiary/aromatic N) is 1. The normalized spacial score (nSPS) is 11.3. The highest BCUT2D eigenvalue weighted by Crippen LogP contribution is 2.31. The molecule has 216 valence electrons. The molecule has 4 rings (SSSR count). The first kappa shape index (κ1) is 30.9. The van der Waals surface area contributed by atoms with Crippen molar-refractivity contribution < 1.29 is 14.6 Å². The van der Waals surface area contributed by atoms with Crippen molar-refractivity contribution in [2.45, 2.75) is 70.0 Å². The van der Waals surface area contributed by atoms with E-state index in [1.165, 1.54) is 41.0 Å². The fourth-order valence-corrected chi connectivity index (χ4v) is 6.59. The van der Waals surface area contributed by atoms with E-state index in [4.69, 9.17) is 4.74 Å². The second kappa shape index (κ2) is 15.8. The number of thiophene rings is 1. The second-order valence-electron chi connectivity index (χ2n) is 10.5. The van der Waals surface area contributed by atoms with Gasteiger partial charge in [-0.05, 0) is 83.7 Å². The molecule has 0 aliphatic heterocycles. The molecule has 0 saturated carbocycles. The van der Waals surface area contributed by atoms with Gasteiger partial charge in [-0.2, -0.15) is 0 Å². The molecule has 3 aromatic carbocycles. The van der Waals surface area contributed by atoms with Crippen LogP contribution in [-0.2, 0) is 24.5 Å². The summed E-state index contributed by atoms with van der Waals surface area (Å²) in [5.74, 6) is 0.730. The molecule has 0 fully saturated rings. The van der Waals surface area contributed by atoms with Crippen LogP contribution in [0.5, 0.6) is 5.75 Å². The van der Waals surface area contributed by atoms with E-state index in [0.29, 0.717) is 25.6 Å². The third-order valence-electron chi connectivity index (χ3n) is 7.23. The van der Waals surface area contributed by atoms with Gasteiger partial charge in [-0.3, -0.25) is 9.69 Å². The number of thioether (sulfide) groups is 1. The molecule has 0 amide bonds. The minimum absolute atomic E-state index is 0.00694. The lowest BCUT2D eigenvalue weighted by Gasteiger charge is -2.19. The van der Waals surface area contributed by atoms with Gasteiger partial charge in [0.1, 0.15) is 12.4 Å². The van der Waals surface area contributed by atoms with Crippen LogP contribution in [0.15, 0.2) is 89.8 Å². The number of hydrogen-bond donors (Lipinski definition) is 1. The lowest BCUT2D eigenvalue weighted by molar-refractivity contribution is -0.138. The van der Waals surface area contributed by atoms with Crippen molar-refractivity contribution in [3.63, 3.8) is 0 Å². The zero-order valence-electron chi connectivity index (χ0n) is 24.3. The Morgan fingerprint density at radius 3 is 2.12 bits per heavy atom. The molecule has 0 spiro atoms. The van der Waals surface area contributed by atoms with Gasteiger partial charge in [0.15, 0.2) is 0 Å². The Bertz CT molecular complexity index is 1340. The maximum absolute atomic E-state index is 11.5. The molecule has 1 aromatic heterocycles. The van der Waals surface area contributed by atoms with Crippen LogP contribution in [0, 0.1) is 0 Å². The average Bonchev–Trinajstić information content (AvgIpc) is 3.45. The molecule has 4 aromatic rings. The van der Waals surface area contributed by atoms with Gasteiger partial charge < -0.3 is 9.84 Å². The SMILES string of the molecule is CCCC(CCC)c1ccc(OCc2ccc(-c3ccc(CN(CC(=O)O)Cc4ccc(SC)cc4)s3)cc2)cc1. The lowest BCUT2D eigenvalue weighted by Crippen LogP contribution is -2.28. The molecule has 0 bridgehead atoms. The molecule has 41 heavy (non-hydrogen) atoms. The first-order chi connectivity index (χ1) is 20.0. The van der Waals surface area contributed by atoms with Crippen molar-refractivity contribution in [3.05, 3.63) is 106 Å². The molecule has 0 atom stereocenters. The minimum atomic E-state index is -0.812.